The van der Waals surface area contributed by atoms with Gasteiger partial charge in [0.25, 0.3) is 0 Å². The summed E-state index contributed by atoms with van der Waals surface area (Å²) in [6.07, 6.45) is 1.11. The highest BCUT2D eigenvalue weighted by atomic mass is 79.9. The minimum absolute atomic E-state index is 0.713. The van der Waals surface area contributed by atoms with Crippen molar-refractivity contribution < 1.29 is 0 Å². The number of thiophene rings is 1. The van der Waals surface area contributed by atoms with Crippen molar-refractivity contribution in [2.75, 3.05) is 26.0 Å². The largest absolute Gasteiger partial charge is 0.305 e. The third-order valence-corrected chi connectivity index (χ3v) is 3.69. The minimum atomic E-state index is 0.713. The summed E-state index contributed by atoms with van der Waals surface area (Å²) < 4.78 is 1.21. The lowest BCUT2D eigenvalue weighted by Crippen LogP contribution is -2.22. The summed E-state index contributed by atoms with van der Waals surface area (Å²) in [5.74, 6) is 0.713. The zero-order valence-corrected chi connectivity index (χ0v) is 10.8. The van der Waals surface area contributed by atoms with Gasteiger partial charge in [0.05, 0.1) is 3.79 Å². The van der Waals surface area contributed by atoms with Gasteiger partial charge in [-0.15, -0.1) is 22.9 Å². The predicted octanol–water partition coefficient (Wildman–Crippen LogP) is 3.22. The van der Waals surface area contributed by atoms with Crippen molar-refractivity contribution in [3.05, 3.63) is 20.8 Å². The molecule has 0 atom stereocenters. The van der Waals surface area contributed by atoms with Gasteiger partial charge in [0.1, 0.15) is 0 Å². The van der Waals surface area contributed by atoms with Crippen LogP contribution in [-0.2, 0) is 6.42 Å². The van der Waals surface area contributed by atoms with Crippen molar-refractivity contribution in [1.29, 1.82) is 0 Å². The molecule has 0 bridgehead atoms. The normalized spacial score (nSPS) is 11.1. The Morgan fingerprint density at radius 3 is 2.77 bits per heavy atom. The third kappa shape index (κ3) is 4.45. The molecule has 0 saturated heterocycles. The molecule has 0 N–H and O–H groups in total. The van der Waals surface area contributed by atoms with Crippen LogP contribution in [0.5, 0.6) is 0 Å². The lowest BCUT2D eigenvalue weighted by Gasteiger charge is -2.13. The summed E-state index contributed by atoms with van der Waals surface area (Å²) in [6, 6.07) is 4.27. The molecule has 4 heteroatoms. The second-order valence-electron chi connectivity index (χ2n) is 2.95. The van der Waals surface area contributed by atoms with Crippen LogP contribution in [0.2, 0.25) is 0 Å². The summed E-state index contributed by atoms with van der Waals surface area (Å²) in [4.78, 5) is 3.67. The van der Waals surface area contributed by atoms with Crippen LogP contribution in [0.15, 0.2) is 15.9 Å². The van der Waals surface area contributed by atoms with Gasteiger partial charge in [-0.05, 0) is 41.5 Å². The molecule has 0 aliphatic rings. The molecule has 1 aromatic rings. The number of hydrogen-bond acceptors (Lipinski definition) is 2. The van der Waals surface area contributed by atoms with Gasteiger partial charge in [-0.25, -0.2) is 0 Å². The third-order valence-electron chi connectivity index (χ3n) is 1.84. The van der Waals surface area contributed by atoms with Crippen molar-refractivity contribution in [1.82, 2.24) is 4.90 Å². The number of likely N-dealkylation sites (N-methyl/N-ethyl adjacent to an activating group) is 1. The number of hydrogen-bond donors (Lipinski definition) is 0. The average molecular weight is 283 g/mol. The molecule has 0 spiro atoms. The van der Waals surface area contributed by atoms with Crippen molar-refractivity contribution in [2.45, 2.75) is 6.42 Å². The highest BCUT2D eigenvalue weighted by molar-refractivity contribution is 9.11. The molecule has 0 unspecified atom stereocenters. The van der Waals surface area contributed by atoms with E-state index in [4.69, 9.17) is 11.6 Å². The van der Waals surface area contributed by atoms with Crippen LogP contribution in [0.3, 0.4) is 0 Å². The lowest BCUT2D eigenvalue weighted by molar-refractivity contribution is 0.360. The van der Waals surface area contributed by atoms with Crippen LogP contribution >= 0.6 is 38.9 Å². The number of alkyl halides is 1. The van der Waals surface area contributed by atoms with Gasteiger partial charge in [0.15, 0.2) is 0 Å². The summed E-state index contributed by atoms with van der Waals surface area (Å²) in [7, 11) is 2.10. The topological polar surface area (TPSA) is 3.24 Å². The van der Waals surface area contributed by atoms with Crippen molar-refractivity contribution in [3.8, 4) is 0 Å². The Morgan fingerprint density at radius 1 is 1.46 bits per heavy atom. The van der Waals surface area contributed by atoms with E-state index in [1.165, 1.54) is 8.66 Å². The fraction of sp³-hybridized carbons (Fsp3) is 0.556. The predicted molar refractivity (Wildman–Crippen MR) is 63.9 cm³/mol. The first-order valence-corrected chi connectivity index (χ1v) is 6.35. The summed E-state index contributed by atoms with van der Waals surface area (Å²) in [5.41, 5.74) is 0. The zero-order chi connectivity index (χ0) is 9.68. The van der Waals surface area contributed by atoms with Crippen LogP contribution in [0.1, 0.15) is 4.88 Å². The summed E-state index contributed by atoms with van der Waals surface area (Å²) in [6.45, 7) is 2.05. The van der Waals surface area contributed by atoms with Crippen LogP contribution in [-0.4, -0.2) is 30.9 Å². The second-order valence-corrected chi connectivity index (χ2v) is 5.87. The monoisotopic (exact) mass is 281 g/mol. The Morgan fingerprint density at radius 2 is 2.23 bits per heavy atom. The first kappa shape index (κ1) is 11.5. The molecule has 0 aromatic carbocycles. The Labute approximate surface area is 96.8 Å². The van der Waals surface area contributed by atoms with Crippen molar-refractivity contribution >= 4 is 38.9 Å². The van der Waals surface area contributed by atoms with E-state index in [0.717, 1.165) is 19.5 Å². The van der Waals surface area contributed by atoms with Crippen LogP contribution < -0.4 is 0 Å². The molecule has 0 amide bonds. The standard InChI is InChI=1S/C9H13BrClNS/c1-12(7-5-11)6-4-8-2-3-9(10)13-8/h2-3H,4-7H2,1H3. The second kappa shape index (κ2) is 6.02. The maximum absolute atomic E-state index is 5.64. The van der Waals surface area contributed by atoms with Crippen molar-refractivity contribution in [2.24, 2.45) is 0 Å². The number of nitrogens with zero attached hydrogens (tertiary/aromatic N) is 1. The molecule has 0 saturated carbocycles. The van der Waals surface area contributed by atoms with Gasteiger partial charge < -0.3 is 4.90 Å². The Bertz CT molecular complexity index is 252. The molecular formula is C9H13BrClNS. The molecule has 1 nitrogen and oxygen atoms in total. The molecule has 0 aliphatic heterocycles. The van der Waals surface area contributed by atoms with Gasteiger partial charge in [-0.2, -0.15) is 0 Å². The highest BCUT2D eigenvalue weighted by Crippen LogP contribution is 2.22. The summed E-state index contributed by atoms with van der Waals surface area (Å²) >= 11 is 10.9. The zero-order valence-electron chi connectivity index (χ0n) is 7.59. The molecule has 1 rings (SSSR count). The first-order valence-electron chi connectivity index (χ1n) is 4.21. The molecular weight excluding hydrogens is 270 g/mol. The van der Waals surface area contributed by atoms with Gasteiger partial charge in [0.2, 0.25) is 0 Å². The lowest BCUT2D eigenvalue weighted by atomic mass is 10.3. The van der Waals surface area contributed by atoms with E-state index in [1.54, 1.807) is 11.3 Å². The molecule has 1 heterocycles. The quantitative estimate of drug-likeness (QED) is 0.750. The minimum Gasteiger partial charge on any atom is -0.305 e. The molecule has 0 aliphatic carbocycles. The van der Waals surface area contributed by atoms with Crippen molar-refractivity contribution in [3.63, 3.8) is 0 Å². The SMILES string of the molecule is CN(CCCl)CCc1ccc(Br)s1. The molecule has 13 heavy (non-hydrogen) atoms. The van der Waals surface area contributed by atoms with E-state index in [2.05, 4.69) is 40.0 Å². The maximum atomic E-state index is 5.64. The number of rotatable bonds is 5. The average Bonchev–Trinajstić information content (AvgIpc) is 2.49. The van der Waals surface area contributed by atoms with E-state index in [9.17, 15) is 0 Å². The molecule has 74 valence electrons. The molecule has 1 aromatic heterocycles. The Balaban J connectivity index is 2.26. The van der Waals surface area contributed by atoms with E-state index in [1.807, 2.05) is 0 Å². The summed E-state index contributed by atoms with van der Waals surface area (Å²) in [5, 5.41) is 0. The molecule has 0 fully saturated rings. The maximum Gasteiger partial charge on any atom is 0.0701 e. The Kier molecular flexibility index (Phi) is 5.32. The van der Waals surface area contributed by atoms with Crippen LogP contribution in [0.4, 0.5) is 0 Å². The van der Waals surface area contributed by atoms with E-state index >= 15 is 0 Å². The van der Waals surface area contributed by atoms with E-state index in [0.29, 0.717) is 5.88 Å². The smallest absolute Gasteiger partial charge is 0.0701 e. The number of halogens is 2. The van der Waals surface area contributed by atoms with Crippen LogP contribution in [0.25, 0.3) is 0 Å². The fourth-order valence-electron chi connectivity index (χ4n) is 1.04. The Hall–Kier alpha value is 0.430. The van der Waals surface area contributed by atoms with Gasteiger partial charge in [0, 0.05) is 23.8 Å². The molecule has 0 radical (unpaired) electrons. The van der Waals surface area contributed by atoms with Gasteiger partial charge >= 0.3 is 0 Å². The van der Waals surface area contributed by atoms with Gasteiger partial charge in [-0.1, -0.05) is 0 Å². The highest BCUT2D eigenvalue weighted by Gasteiger charge is 2.00. The van der Waals surface area contributed by atoms with E-state index < -0.39 is 0 Å². The van der Waals surface area contributed by atoms with Crippen LogP contribution in [0, 0.1) is 0 Å². The van der Waals surface area contributed by atoms with Gasteiger partial charge in [-0.3, -0.25) is 0 Å². The first-order chi connectivity index (χ1) is 6.22. The van der Waals surface area contributed by atoms with E-state index in [-0.39, 0.29) is 0 Å². The fourth-order valence-corrected chi connectivity index (χ4v) is 2.80.